The van der Waals surface area contributed by atoms with Crippen LogP contribution in [0.15, 0.2) is 35.8 Å². The van der Waals surface area contributed by atoms with Crippen molar-refractivity contribution < 1.29 is 9.53 Å². The zero-order chi connectivity index (χ0) is 16.4. The quantitative estimate of drug-likeness (QED) is 0.543. The fourth-order valence-electron chi connectivity index (χ4n) is 2.02. The van der Waals surface area contributed by atoms with Gasteiger partial charge < -0.3 is 15.4 Å². The smallest absolute Gasteiger partial charge is 0.325 e. The molecule has 1 aromatic carbocycles. The van der Waals surface area contributed by atoms with Crippen LogP contribution in [0.5, 0.6) is 0 Å². The van der Waals surface area contributed by atoms with E-state index in [-0.39, 0.29) is 12.5 Å². The lowest BCUT2D eigenvalue weighted by Gasteiger charge is -2.12. The van der Waals surface area contributed by atoms with Gasteiger partial charge in [0.05, 0.1) is 12.8 Å². The van der Waals surface area contributed by atoms with Crippen LogP contribution >= 0.6 is 0 Å². The maximum atomic E-state index is 11.2. The highest BCUT2D eigenvalue weighted by Crippen LogP contribution is 2.24. The van der Waals surface area contributed by atoms with Crippen LogP contribution in [0.2, 0.25) is 0 Å². The highest BCUT2D eigenvalue weighted by Gasteiger charge is 2.08. The van der Waals surface area contributed by atoms with Crippen LogP contribution in [0.4, 0.5) is 5.69 Å². The van der Waals surface area contributed by atoms with E-state index >= 15 is 0 Å². The summed E-state index contributed by atoms with van der Waals surface area (Å²) in [5, 5.41) is 6.11. The standard InChI is InChI=1S/C17H25N3O2/c1-5-8-14(11-18-3)20-16-10-7-6-9-15(16)13(2)19-12-17(21)22-4/h6-7,9-10,18-19H,2,5,8,11-12H2,1,3-4H3. The second-order valence-corrected chi connectivity index (χ2v) is 4.88. The van der Waals surface area contributed by atoms with Crippen molar-refractivity contribution in [3.05, 3.63) is 36.4 Å². The molecule has 0 atom stereocenters. The van der Waals surface area contributed by atoms with E-state index in [0.717, 1.165) is 36.3 Å². The molecule has 0 heterocycles. The Hall–Kier alpha value is -2.14. The molecular weight excluding hydrogens is 278 g/mol. The summed E-state index contributed by atoms with van der Waals surface area (Å²) in [5.41, 5.74) is 3.49. The van der Waals surface area contributed by atoms with Crippen LogP contribution in [-0.2, 0) is 9.53 Å². The Morgan fingerprint density at radius 3 is 2.68 bits per heavy atom. The molecule has 0 saturated heterocycles. The minimum atomic E-state index is -0.330. The number of nitrogens with one attached hydrogen (secondary N) is 2. The average Bonchev–Trinajstić information content (AvgIpc) is 2.53. The first-order chi connectivity index (χ1) is 10.6. The molecule has 0 aromatic heterocycles. The summed E-state index contributed by atoms with van der Waals surface area (Å²) >= 11 is 0. The molecule has 0 amide bonds. The van der Waals surface area contributed by atoms with Crippen LogP contribution < -0.4 is 10.6 Å². The summed E-state index contributed by atoms with van der Waals surface area (Å²) in [4.78, 5) is 16.0. The Kier molecular flexibility index (Phi) is 7.92. The van der Waals surface area contributed by atoms with Gasteiger partial charge in [-0.2, -0.15) is 0 Å². The first kappa shape index (κ1) is 17.9. The normalized spacial score (nSPS) is 11.1. The van der Waals surface area contributed by atoms with Crippen LogP contribution in [0.1, 0.15) is 25.3 Å². The van der Waals surface area contributed by atoms with Gasteiger partial charge in [-0.15, -0.1) is 0 Å². The van der Waals surface area contributed by atoms with Crippen molar-refractivity contribution in [1.82, 2.24) is 10.6 Å². The molecule has 5 heteroatoms. The van der Waals surface area contributed by atoms with E-state index in [4.69, 9.17) is 4.99 Å². The summed E-state index contributed by atoms with van der Waals surface area (Å²) in [6.45, 7) is 6.96. The molecule has 0 spiro atoms. The number of methoxy groups -OCH3 is 1. The van der Waals surface area contributed by atoms with E-state index in [1.54, 1.807) is 0 Å². The largest absolute Gasteiger partial charge is 0.468 e. The molecule has 0 radical (unpaired) electrons. The van der Waals surface area contributed by atoms with Gasteiger partial charge in [0, 0.05) is 23.5 Å². The number of rotatable bonds is 9. The van der Waals surface area contributed by atoms with E-state index in [2.05, 4.69) is 28.9 Å². The zero-order valence-corrected chi connectivity index (χ0v) is 13.6. The highest BCUT2D eigenvalue weighted by atomic mass is 16.5. The van der Waals surface area contributed by atoms with E-state index in [9.17, 15) is 4.79 Å². The lowest BCUT2D eigenvalue weighted by molar-refractivity contribution is -0.139. The van der Waals surface area contributed by atoms with Crippen molar-refractivity contribution in [2.24, 2.45) is 4.99 Å². The van der Waals surface area contributed by atoms with Crippen LogP contribution in [0.3, 0.4) is 0 Å². The van der Waals surface area contributed by atoms with Crippen molar-refractivity contribution in [3.8, 4) is 0 Å². The molecule has 22 heavy (non-hydrogen) atoms. The van der Waals surface area contributed by atoms with Gasteiger partial charge in [-0.05, 0) is 19.5 Å². The number of carbonyl (C=O) groups is 1. The summed E-state index contributed by atoms with van der Waals surface area (Å²) in [6.07, 6.45) is 1.99. The Morgan fingerprint density at radius 2 is 2.05 bits per heavy atom. The molecule has 1 aromatic rings. The summed E-state index contributed by atoms with van der Waals surface area (Å²) in [7, 11) is 3.27. The second kappa shape index (κ2) is 9.73. The molecule has 120 valence electrons. The Bertz CT molecular complexity index is 530. The lowest BCUT2D eigenvalue weighted by atomic mass is 10.1. The van der Waals surface area contributed by atoms with Gasteiger partial charge in [0.2, 0.25) is 0 Å². The average molecular weight is 303 g/mol. The van der Waals surface area contributed by atoms with Gasteiger partial charge in [0.25, 0.3) is 0 Å². The highest BCUT2D eigenvalue weighted by molar-refractivity contribution is 5.90. The van der Waals surface area contributed by atoms with Gasteiger partial charge in [0.1, 0.15) is 6.54 Å². The SMILES string of the molecule is C=C(NCC(=O)OC)c1ccccc1N=C(CCC)CNC. The maximum absolute atomic E-state index is 11.2. The van der Waals surface area contributed by atoms with Gasteiger partial charge in [-0.3, -0.25) is 9.79 Å². The number of hydrogen-bond acceptors (Lipinski definition) is 5. The third-order valence-electron chi connectivity index (χ3n) is 3.10. The second-order valence-electron chi connectivity index (χ2n) is 4.88. The fraction of sp³-hybridized carbons (Fsp3) is 0.412. The van der Waals surface area contributed by atoms with E-state index < -0.39 is 0 Å². The topological polar surface area (TPSA) is 62.7 Å². The van der Waals surface area contributed by atoms with Crippen molar-refractivity contribution in [3.63, 3.8) is 0 Å². The lowest BCUT2D eigenvalue weighted by Crippen LogP contribution is -2.22. The number of benzene rings is 1. The van der Waals surface area contributed by atoms with Gasteiger partial charge >= 0.3 is 5.97 Å². The number of carbonyl (C=O) groups excluding carboxylic acids is 1. The van der Waals surface area contributed by atoms with Crippen molar-refractivity contribution in [2.45, 2.75) is 19.8 Å². The van der Waals surface area contributed by atoms with E-state index in [1.165, 1.54) is 7.11 Å². The Balaban J connectivity index is 2.95. The summed E-state index contributed by atoms with van der Waals surface area (Å²) in [6, 6.07) is 7.76. The third-order valence-corrected chi connectivity index (χ3v) is 3.10. The molecule has 2 N–H and O–H groups in total. The molecule has 1 rings (SSSR count). The summed E-state index contributed by atoms with van der Waals surface area (Å²) in [5.74, 6) is -0.330. The summed E-state index contributed by atoms with van der Waals surface area (Å²) < 4.78 is 4.62. The van der Waals surface area contributed by atoms with E-state index in [1.807, 2.05) is 31.3 Å². The first-order valence-corrected chi connectivity index (χ1v) is 7.42. The van der Waals surface area contributed by atoms with Gasteiger partial charge in [-0.25, -0.2) is 0 Å². The van der Waals surface area contributed by atoms with E-state index in [0.29, 0.717) is 5.70 Å². The molecule has 0 aliphatic heterocycles. The fourth-order valence-corrected chi connectivity index (χ4v) is 2.02. The molecular formula is C17H25N3O2. The molecule has 0 aliphatic carbocycles. The van der Waals surface area contributed by atoms with Crippen molar-refractivity contribution in [2.75, 3.05) is 27.2 Å². The number of nitrogens with zero attached hydrogens (tertiary/aromatic N) is 1. The third kappa shape index (κ3) is 5.69. The van der Waals surface area contributed by atoms with Crippen LogP contribution in [0, 0.1) is 0 Å². The molecule has 0 bridgehead atoms. The van der Waals surface area contributed by atoms with Crippen LogP contribution in [0.25, 0.3) is 5.70 Å². The molecule has 5 nitrogen and oxygen atoms in total. The van der Waals surface area contributed by atoms with Gasteiger partial charge in [-0.1, -0.05) is 38.1 Å². The van der Waals surface area contributed by atoms with Crippen LogP contribution in [-0.4, -0.2) is 38.9 Å². The first-order valence-electron chi connectivity index (χ1n) is 7.42. The number of esters is 1. The van der Waals surface area contributed by atoms with Crippen molar-refractivity contribution in [1.29, 1.82) is 0 Å². The molecule has 0 fully saturated rings. The number of para-hydroxylation sites is 1. The predicted octanol–water partition coefficient (Wildman–Crippen LogP) is 2.51. The minimum Gasteiger partial charge on any atom is -0.468 e. The number of aliphatic imine (C=N–C) groups is 1. The molecule has 0 unspecified atom stereocenters. The van der Waals surface area contributed by atoms with Crippen molar-refractivity contribution >= 4 is 23.1 Å². The molecule has 0 saturated carbocycles. The Labute approximate surface area is 132 Å². The Morgan fingerprint density at radius 1 is 1.32 bits per heavy atom. The maximum Gasteiger partial charge on any atom is 0.325 e. The number of ether oxygens (including phenoxy) is 1. The minimum absolute atomic E-state index is 0.0890. The zero-order valence-electron chi connectivity index (χ0n) is 13.6. The monoisotopic (exact) mass is 303 g/mol. The number of hydrogen-bond donors (Lipinski definition) is 2. The predicted molar refractivity (Wildman–Crippen MR) is 91.4 cm³/mol. The van der Waals surface area contributed by atoms with Gasteiger partial charge in [0.15, 0.2) is 0 Å². The molecule has 0 aliphatic rings.